The maximum atomic E-state index is 11.7. The second-order valence-electron chi connectivity index (χ2n) is 3.53. The number of nitrogens with two attached hydrogens (primary N) is 2. The van der Waals surface area contributed by atoms with Gasteiger partial charge in [-0.15, -0.1) is 4.40 Å². The Labute approximate surface area is 93.4 Å². The van der Waals surface area contributed by atoms with Gasteiger partial charge in [0.2, 0.25) is 5.96 Å². The summed E-state index contributed by atoms with van der Waals surface area (Å²) in [6.45, 7) is 1.43. The molecule has 1 aliphatic heterocycles. The molecule has 16 heavy (non-hydrogen) atoms. The van der Waals surface area contributed by atoms with Crippen LogP contribution in [0.1, 0.15) is 11.1 Å². The third kappa shape index (κ3) is 2.00. The molecule has 0 atom stereocenters. The Morgan fingerprint density at radius 1 is 1.25 bits per heavy atom. The minimum absolute atomic E-state index is 0.114. The maximum absolute atomic E-state index is 11.7. The fraction of sp³-hybridized carbons (Fsp3) is 0.222. The van der Waals surface area contributed by atoms with Crippen LogP contribution >= 0.6 is 0 Å². The SMILES string of the molecule is NC(N)=NS(=O)(=O)c1ccc2c(c1)CNC2. The first-order valence-electron chi connectivity index (χ1n) is 4.67. The average Bonchev–Trinajstić information content (AvgIpc) is 2.61. The molecule has 0 aromatic heterocycles. The van der Waals surface area contributed by atoms with Gasteiger partial charge < -0.3 is 16.8 Å². The first kappa shape index (κ1) is 10.9. The van der Waals surface area contributed by atoms with Crippen LogP contribution in [0.25, 0.3) is 0 Å². The Balaban J connectivity index is 2.46. The van der Waals surface area contributed by atoms with Crippen LogP contribution in [0.5, 0.6) is 0 Å². The fourth-order valence-corrected chi connectivity index (χ4v) is 2.54. The van der Waals surface area contributed by atoms with Crippen LogP contribution in [-0.2, 0) is 23.1 Å². The summed E-state index contributed by atoms with van der Waals surface area (Å²) in [6, 6.07) is 4.87. The molecule has 0 fully saturated rings. The van der Waals surface area contributed by atoms with Crippen LogP contribution in [0.4, 0.5) is 0 Å². The van der Waals surface area contributed by atoms with E-state index >= 15 is 0 Å². The van der Waals surface area contributed by atoms with E-state index in [2.05, 4.69) is 9.71 Å². The van der Waals surface area contributed by atoms with E-state index in [0.717, 1.165) is 17.7 Å². The second kappa shape index (κ2) is 3.76. The highest BCUT2D eigenvalue weighted by Gasteiger charge is 2.17. The highest BCUT2D eigenvalue weighted by Crippen LogP contribution is 2.21. The van der Waals surface area contributed by atoms with Gasteiger partial charge >= 0.3 is 0 Å². The van der Waals surface area contributed by atoms with E-state index in [1.54, 1.807) is 12.1 Å². The van der Waals surface area contributed by atoms with E-state index in [-0.39, 0.29) is 4.90 Å². The Morgan fingerprint density at radius 3 is 2.62 bits per heavy atom. The molecule has 5 N–H and O–H groups in total. The largest absolute Gasteiger partial charge is 0.369 e. The number of rotatable bonds is 2. The predicted octanol–water partition coefficient (Wildman–Crippen LogP) is -0.748. The molecule has 0 radical (unpaired) electrons. The second-order valence-corrected chi connectivity index (χ2v) is 5.13. The van der Waals surface area contributed by atoms with Gasteiger partial charge in [0.25, 0.3) is 10.0 Å². The summed E-state index contributed by atoms with van der Waals surface area (Å²) in [5.74, 6) is -0.460. The van der Waals surface area contributed by atoms with E-state index in [4.69, 9.17) is 11.5 Å². The summed E-state index contributed by atoms with van der Waals surface area (Å²) >= 11 is 0. The van der Waals surface area contributed by atoms with Gasteiger partial charge in [-0.1, -0.05) is 6.07 Å². The molecule has 0 bridgehead atoms. The van der Waals surface area contributed by atoms with E-state index in [9.17, 15) is 8.42 Å². The van der Waals surface area contributed by atoms with Crippen molar-refractivity contribution in [2.75, 3.05) is 0 Å². The van der Waals surface area contributed by atoms with Crippen LogP contribution in [0.3, 0.4) is 0 Å². The summed E-state index contributed by atoms with van der Waals surface area (Å²) in [7, 11) is -3.77. The van der Waals surface area contributed by atoms with Crippen molar-refractivity contribution >= 4 is 16.0 Å². The van der Waals surface area contributed by atoms with Crippen LogP contribution < -0.4 is 16.8 Å². The number of fused-ring (bicyclic) bond motifs is 1. The lowest BCUT2D eigenvalue weighted by atomic mass is 10.1. The number of nitrogens with zero attached hydrogens (tertiary/aromatic N) is 1. The number of sulfonamides is 1. The Hall–Kier alpha value is -1.60. The first-order valence-corrected chi connectivity index (χ1v) is 6.11. The van der Waals surface area contributed by atoms with Crippen LogP contribution in [0, 0.1) is 0 Å². The quantitative estimate of drug-likeness (QED) is 0.465. The van der Waals surface area contributed by atoms with Gasteiger partial charge in [0.15, 0.2) is 0 Å². The lowest BCUT2D eigenvalue weighted by Gasteiger charge is -2.02. The van der Waals surface area contributed by atoms with Gasteiger partial charge in [-0.3, -0.25) is 0 Å². The standard InChI is InChI=1S/C9H12N4O2S/c10-9(11)13-16(14,15)8-2-1-6-4-12-5-7(6)3-8/h1-3,12H,4-5H2,(H4,10,11,13). The zero-order chi connectivity index (χ0) is 11.8. The smallest absolute Gasteiger partial charge is 0.285 e. The van der Waals surface area contributed by atoms with Crippen molar-refractivity contribution in [1.82, 2.24) is 5.32 Å². The molecule has 1 heterocycles. The van der Waals surface area contributed by atoms with Gasteiger partial charge in [-0.2, -0.15) is 8.42 Å². The van der Waals surface area contributed by atoms with E-state index in [0.29, 0.717) is 6.54 Å². The van der Waals surface area contributed by atoms with Crippen molar-refractivity contribution in [3.63, 3.8) is 0 Å². The Morgan fingerprint density at radius 2 is 1.94 bits per heavy atom. The number of guanidine groups is 1. The molecular weight excluding hydrogens is 228 g/mol. The molecule has 0 amide bonds. The maximum Gasteiger partial charge on any atom is 0.285 e. The van der Waals surface area contributed by atoms with E-state index in [1.165, 1.54) is 6.07 Å². The summed E-state index contributed by atoms with van der Waals surface area (Å²) in [6.07, 6.45) is 0. The zero-order valence-electron chi connectivity index (χ0n) is 8.47. The minimum Gasteiger partial charge on any atom is -0.369 e. The molecule has 0 unspecified atom stereocenters. The molecule has 7 heteroatoms. The number of nitrogens with one attached hydrogen (secondary N) is 1. The molecule has 86 valence electrons. The third-order valence-electron chi connectivity index (χ3n) is 2.33. The molecule has 0 spiro atoms. The normalized spacial score (nSPS) is 14.5. The summed E-state index contributed by atoms with van der Waals surface area (Å²) < 4.78 is 26.6. The molecule has 0 saturated carbocycles. The van der Waals surface area contributed by atoms with Crippen molar-refractivity contribution in [2.45, 2.75) is 18.0 Å². The Bertz CT molecular complexity index is 547. The molecule has 0 saturated heterocycles. The van der Waals surface area contributed by atoms with E-state index < -0.39 is 16.0 Å². The van der Waals surface area contributed by atoms with Gasteiger partial charge in [-0.05, 0) is 23.3 Å². The van der Waals surface area contributed by atoms with Crippen molar-refractivity contribution < 1.29 is 8.42 Å². The summed E-state index contributed by atoms with van der Waals surface area (Å²) in [5.41, 5.74) is 12.2. The number of benzene rings is 1. The van der Waals surface area contributed by atoms with Crippen molar-refractivity contribution in [3.05, 3.63) is 29.3 Å². The van der Waals surface area contributed by atoms with Crippen LogP contribution in [-0.4, -0.2) is 14.4 Å². The number of hydrogen-bond donors (Lipinski definition) is 3. The average molecular weight is 240 g/mol. The predicted molar refractivity (Wildman–Crippen MR) is 60.0 cm³/mol. The summed E-state index contributed by atoms with van der Waals surface area (Å²) in [4.78, 5) is 0.114. The van der Waals surface area contributed by atoms with E-state index in [1.807, 2.05) is 0 Å². The molecule has 6 nitrogen and oxygen atoms in total. The van der Waals surface area contributed by atoms with Crippen molar-refractivity contribution in [2.24, 2.45) is 15.9 Å². The molecule has 1 aromatic rings. The van der Waals surface area contributed by atoms with Gasteiger partial charge in [0.05, 0.1) is 4.90 Å². The molecule has 1 aromatic carbocycles. The topological polar surface area (TPSA) is 111 Å². The highest BCUT2D eigenvalue weighted by atomic mass is 32.2. The molecule has 1 aliphatic rings. The monoisotopic (exact) mass is 240 g/mol. The third-order valence-corrected chi connectivity index (χ3v) is 3.63. The first-order chi connectivity index (χ1) is 7.49. The van der Waals surface area contributed by atoms with Gasteiger partial charge in [-0.25, -0.2) is 0 Å². The van der Waals surface area contributed by atoms with Crippen LogP contribution in [0.2, 0.25) is 0 Å². The highest BCUT2D eigenvalue weighted by molar-refractivity contribution is 7.90. The van der Waals surface area contributed by atoms with Crippen LogP contribution in [0.15, 0.2) is 27.5 Å². The number of hydrogen-bond acceptors (Lipinski definition) is 3. The molecule has 2 rings (SSSR count). The lowest BCUT2D eigenvalue weighted by Crippen LogP contribution is -2.24. The lowest BCUT2D eigenvalue weighted by molar-refractivity contribution is 0.598. The minimum atomic E-state index is -3.77. The zero-order valence-corrected chi connectivity index (χ0v) is 9.29. The fourth-order valence-electron chi connectivity index (χ4n) is 1.62. The van der Waals surface area contributed by atoms with Crippen molar-refractivity contribution in [3.8, 4) is 0 Å². The molecule has 0 aliphatic carbocycles. The summed E-state index contributed by atoms with van der Waals surface area (Å²) in [5, 5.41) is 3.13. The molecular formula is C9H12N4O2S. The van der Waals surface area contributed by atoms with Gasteiger partial charge in [0, 0.05) is 13.1 Å². The van der Waals surface area contributed by atoms with Crippen molar-refractivity contribution in [1.29, 1.82) is 0 Å². The Kier molecular flexibility index (Phi) is 2.56. The van der Waals surface area contributed by atoms with Gasteiger partial charge in [0.1, 0.15) is 0 Å².